The molecule has 0 bridgehead atoms. The number of nitrogens with zero attached hydrogens (tertiary/aromatic N) is 3. The normalized spacial score (nSPS) is 19.3. The molecule has 166 valence electrons. The van der Waals surface area contributed by atoms with E-state index in [0.717, 1.165) is 30.6 Å². The molecule has 3 aromatic rings. The largest absolute Gasteiger partial charge is 0.378 e. The van der Waals surface area contributed by atoms with Crippen LogP contribution in [0.5, 0.6) is 0 Å². The van der Waals surface area contributed by atoms with Crippen LogP contribution in [0, 0.1) is 5.82 Å². The molecule has 1 aromatic carbocycles. The van der Waals surface area contributed by atoms with Crippen LogP contribution in [0.15, 0.2) is 23.0 Å². The molecule has 0 saturated carbocycles. The number of thiazole rings is 1. The van der Waals surface area contributed by atoms with Crippen molar-refractivity contribution >= 4 is 45.7 Å². The first-order valence-electron chi connectivity index (χ1n) is 10.2. The molecule has 0 unspecified atom stereocenters. The highest BCUT2D eigenvalue weighted by atomic mass is 35.5. The molecule has 11 heteroatoms. The quantitative estimate of drug-likeness (QED) is 0.544. The Bertz CT molecular complexity index is 1110. The van der Waals surface area contributed by atoms with E-state index in [2.05, 4.69) is 20.6 Å². The average Bonchev–Trinajstić information content (AvgIpc) is 3.17. The topological polar surface area (TPSA) is 95.2 Å². The number of ether oxygens (including phenoxy) is 1. The Morgan fingerprint density at radius 1 is 1.26 bits per heavy atom. The molecule has 8 nitrogen and oxygen atoms in total. The van der Waals surface area contributed by atoms with Crippen LogP contribution in [0.4, 0.5) is 16.2 Å². The van der Waals surface area contributed by atoms with E-state index < -0.39 is 0 Å². The van der Waals surface area contributed by atoms with E-state index in [9.17, 15) is 9.18 Å². The van der Waals surface area contributed by atoms with Crippen LogP contribution >= 0.6 is 23.7 Å². The van der Waals surface area contributed by atoms with Gasteiger partial charge in [-0.2, -0.15) is 4.98 Å². The molecule has 0 amide bonds. The van der Waals surface area contributed by atoms with Gasteiger partial charge in [0.1, 0.15) is 22.2 Å². The number of H-pyrrole nitrogens is 1. The number of fused-ring (bicyclic) bond motifs is 1. The van der Waals surface area contributed by atoms with E-state index in [1.807, 2.05) is 4.90 Å². The Morgan fingerprint density at radius 2 is 2.10 bits per heavy atom. The van der Waals surface area contributed by atoms with E-state index in [1.54, 1.807) is 6.07 Å². The zero-order valence-electron chi connectivity index (χ0n) is 16.8. The molecular weight excluding hydrogens is 443 g/mol. The molecule has 2 aliphatic rings. The van der Waals surface area contributed by atoms with Crippen molar-refractivity contribution in [1.29, 1.82) is 0 Å². The van der Waals surface area contributed by atoms with Crippen molar-refractivity contribution in [1.82, 2.24) is 20.3 Å². The predicted octanol–water partition coefficient (Wildman–Crippen LogP) is 2.61. The average molecular weight is 467 g/mol. The molecule has 3 N–H and O–H groups in total. The Hall–Kier alpha value is -2.27. The van der Waals surface area contributed by atoms with Crippen LogP contribution in [0.1, 0.15) is 12.8 Å². The number of anilines is 2. The van der Waals surface area contributed by atoms with Gasteiger partial charge in [0.2, 0.25) is 5.95 Å². The van der Waals surface area contributed by atoms with Gasteiger partial charge < -0.3 is 20.3 Å². The second kappa shape index (κ2) is 9.47. The number of aromatic nitrogens is 3. The molecule has 2 fully saturated rings. The molecule has 0 aliphatic carbocycles. The number of nitrogens with one attached hydrogen (secondary N) is 3. The highest BCUT2D eigenvalue weighted by Crippen LogP contribution is 2.33. The van der Waals surface area contributed by atoms with Crippen LogP contribution in [0.25, 0.3) is 20.8 Å². The summed E-state index contributed by atoms with van der Waals surface area (Å²) in [7, 11) is 0. The number of hydrogen-bond donors (Lipinski definition) is 3. The lowest BCUT2D eigenvalue weighted by molar-refractivity contribution is 0.122. The van der Waals surface area contributed by atoms with Crippen LogP contribution < -0.4 is 21.1 Å². The lowest BCUT2D eigenvalue weighted by Gasteiger charge is -2.29. The number of aromatic amines is 1. The fourth-order valence-corrected chi connectivity index (χ4v) is 4.85. The highest BCUT2D eigenvalue weighted by Gasteiger charge is 2.23. The number of halogens is 2. The minimum Gasteiger partial charge on any atom is -0.378 e. The SMILES string of the molecule is Cl.O=c1[nH]c(N2CCOCC2)nc(N[C@@H]2CCCNC2)c1-c1nc2cc(F)ccc2s1. The highest BCUT2D eigenvalue weighted by molar-refractivity contribution is 7.21. The summed E-state index contributed by atoms with van der Waals surface area (Å²) in [6.07, 6.45) is 2.06. The molecule has 0 radical (unpaired) electrons. The number of hydrogen-bond acceptors (Lipinski definition) is 8. The monoisotopic (exact) mass is 466 g/mol. The molecule has 31 heavy (non-hydrogen) atoms. The summed E-state index contributed by atoms with van der Waals surface area (Å²) in [5.74, 6) is 0.708. The van der Waals surface area contributed by atoms with Gasteiger partial charge in [0.15, 0.2) is 0 Å². The first kappa shape index (κ1) is 21.9. The summed E-state index contributed by atoms with van der Waals surface area (Å²) < 4.78 is 19.9. The van der Waals surface area contributed by atoms with Crippen molar-refractivity contribution in [2.45, 2.75) is 18.9 Å². The maximum atomic E-state index is 13.6. The molecular formula is C20H24ClFN6O2S. The second-order valence-electron chi connectivity index (χ2n) is 7.53. The third kappa shape index (κ3) is 4.67. The van der Waals surface area contributed by atoms with E-state index in [-0.39, 0.29) is 29.8 Å². The fourth-order valence-electron chi connectivity index (χ4n) is 3.86. The van der Waals surface area contributed by atoms with Crippen molar-refractivity contribution in [3.63, 3.8) is 0 Å². The number of piperidine rings is 1. The third-order valence-corrected chi connectivity index (χ3v) is 6.47. The summed E-state index contributed by atoms with van der Waals surface area (Å²) in [6.45, 7) is 4.36. The second-order valence-corrected chi connectivity index (χ2v) is 8.56. The molecule has 5 rings (SSSR count). The van der Waals surface area contributed by atoms with Crippen molar-refractivity contribution in [2.75, 3.05) is 49.6 Å². The maximum Gasteiger partial charge on any atom is 0.264 e. The van der Waals surface area contributed by atoms with Gasteiger partial charge in [0.05, 0.1) is 23.4 Å². The smallest absolute Gasteiger partial charge is 0.264 e. The molecule has 4 heterocycles. The first-order valence-corrected chi connectivity index (χ1v) is 11.0. The van der Waals surface area contributed by atoms with Gasteiger partial charge in [-0.3, -0.25) is 9.78 Å². The molecule has 0 spiro atoms. The van der Waals surface area contributed by atoms with Gasteiger partial charge in [0.25, 0.3) is 5.56 Å². The summed E-state index contributed by atoms with van der Waals surface area (Å²) in [5, 5.41) is 7.37. The van der Waals surface area contributed by atoms with Gasteiger partial charge in [-0.15, -0.1) is 23.7 Å². The van der Waals surface area contributed by atoms with Gasteiger partial charge in [-0.1, -0.05) is 0 Å². The molecule has 2 aromatic heterocycles. The number of rotatable bonds is 4. The summed E-state index contributed by atoms with van der Waals surface area (Å²) in [4.78, 5) is 27.4. The van der Waals surface area contributed by atoms with E-state index in [1.165, 1.54) is 23.5 Å². The standard InChI is InChI=1S/C20H23FN6O2S.ClH/c21-12-3-4-15-14(10-12)24-19(30-15)16-17(23-13-2-1-5-22-11-13)25-20(26-18(16)28)27-6-8-29-9-7-27;/h3-4,10,13,22H,1-2,5-9,11H2,(H2,23,25,26,28);1H/t13-;/m1./s1. The number of morpholine rings is 1. The molecule has 2 aliphatic heterocycles. The van der Waals surface area contributed by atoms with Crippen molar-refractivity contribution in [2.24, 2.45) is 0 Å². The Kier molecular flexibility index (Phi) is 6.71. The summed E-state index contributed by atoms with van der Waals surface area (Å²) in [6, 6.07) is 4.66. The summed E-state index contributed by atoms with van der Waals surface area (Å²) in [5.41, 5.74) is 0.688. The van der Waals surface area contributed by atoms with Crippen molar-refractivity contribution in [3.05, 3.63) is 34.4 Å². The van der Waals surface area contributed by atoms with Crippen molar-refractivity contribution in [3.8, 4) is 10.6 Å². The van der Waals surface area contributed by atoms with Gasteiger partial charge in [-0.05, 0) is 31.5 Å². The Morgan fingerprint density at radius 3 is 2.87 bits per heavy atom. The lowest BCUT2D eigenvalue weighted by Crippen LogP contribution is -2.40. The minimum atomic E-state index is -0.347. The van der Waals surface area contributed by atoms with Crippen molar-refractivity contribution < 1.29 is 9.13 Å². The Labute approximate surface area is 188 Å². The zero-order valence-corrected chi connectivity index (χ0v) is 18.5. The fraction of sp³-hybridized carbons (Fsp3) is 0.450. The third-order valence-electron chi connectivity index (χ3n) is 5.42. The van der Waals surface area contributed by atoms with Crippen LogP contribution in [0.2, 0.25) is 0 Å². The predicted molar refractivity (Wildman–Crippen MR) is 123 cm³/mol. The van der Waals surface area contributed by atoms with E-state index >= 15 is 0 Å². The van der Waals surface area contributed by atoms with E-state index in [4.69, 9.17) is 9.72 Å². The first-order chi connectivity index (χ1) is 14.7. The lowest BCUT2D eigenvalue weighted by atomic mass is 10.1. The van der Waals surface area contributed by atoms with Gasteiger partial charge >= 0.3 is 0 Å². The minimum absolute atomic E-state index is 0. The summed E-state index contributed by atoms with van der Waals surface area (Å²) >= 11 is 1.36. The Balaban J connectivity index is 0.00000231. The zero-order chi connectivity index (χ0) is 20.5. The van der Waals surface area contributed by atoms with Gasteiger partial charge in [-0.25, -0.2) is 9.37 Å². The van der Waals surface area contributed by atoms with Crippen LogP contribution in [-0.2, 0) is 4.74 Å². The maximum absolute atomic E-state index is 13.6. The van der Waals surface area contributed by atoms with Crippen LogP contribution in [-0.4, -0.2) is 60.4 Å². The van der Waals surface area contributed by atoms with Crippen LogP contribution in [0.3, 0.4) is 0 Å². The molecule has 1 atom stereocenters. The van der Waals surface area contributed by atoms with Gasteiger partial charge in [0, 0.05) is 31.7 Å². The van der Waals surface area contributed by atoms with E-state index in [0.29, 0.717) is 54.2 Å². The number of benzene rings is 1. The molecule has 2 saturated heterocycles.